The molecule has 120 valence electrons. The standard InChI is InChI=1S/C14H14N4O5/c19-10-2-1-3-11(13(10)14(21)22)23-9-4-17(5-9)12(20)6-18-8-15-7-16-18/h1-3,7-9,19H,4-6H2,(H,21,22). The summed E-state index contributed by atoms with van der Waals surface area (Å²) in [6.07, 6.45) is 2.50. The van der Waals surface area contributed by atoms with E-state index in [4.69, 9.17) is 9.84 Å². The number of hydrogen-bond acceptors (Lipinski definition) is 6. The summed E-state index contributed by atoms with van der Waals surface area (Å²) in [6, 6.07) is 4.26. The van der Waals surface area contributed by atoms with Crippen molar-refractivity contribution in [3.05, 3.63) is 36.4 Å². The Labute approximate surface area is 130 Å². The van der Waals surface area contributed by atoms with Crippen LogP contribution in [0.25, 0.3) is 0 Å². The number of carbonyl (C=O) groups is 2. The number of carboxylic acid groups (broad SMARTS) is 1. The van der Waals surface area contributed by atoms with E-state index in [0.717, 1.165) is 0 Å². The van der Waals surface area contributed by atoms with Crippen molar-refractivity contribution >= 4 is 11.9 Å². The van der Waals surface area contributed by atoms with Crippen LogP contribution in [-0.2, 0) is 11.3 Å². The van der Waals surface area contributed by atoms with Crippen LogP contribution in [-0.4, -0.2) is 60.9 Å². The lowest BCUT2D eigenvalue weighted by Crippen LogP contribution is -2.57. The molecule has 1 saturated heterocycles. The quantitative estimate of drug-likeness (QED) is 0.795. The molecule has 0 radical (unpaired) electrons. The smallest absolute Gasteiger partial charge is 0.343 e. The molecule has 0 aliphatic carbocycles. The fourth-order valence-electron chi connectivity index (χ4n) is 2.28. The zero-order valence-electron chi connectivity index (χ0n) is 12.0. The summed E-state index contributed by atoms with van der Waals surface area (Å²) < 4.78 is 6.99. The van der Waals surface area contributed by atoms with Crippen LogP contribution in [0.5, 0.6) is 11.5 Å². The first kappa shape index (κ1) is 14.8. The van der Waals surface area contributed by atoms with E-state index < -0.39 is 5.97 Å². The third kappa shape index (κ3) is 3.07. The van der Waals surface area contributed by atoms with Gasteiger partial charge in [-0.25, -0.2) is 14.5 Å². The SMILES string of the molecule is O=C(O)c1c(O)cccc1OC1CN(C(=O)Cn2cncn2)C1. The molecule has 9 nitrogen and oxygen atoms in total. The number of aromatic hydroxyl groups is 1. The summed E-state index contributed by atoms with van der Waals surface area (Å²) in [5.41, 5.74) is -0.278. The van der Waals surface area contributed by atoms with Gasteiger partial charge in [-0.05, 0) is 12.1 Å². The highest BCUT2D eigenvalue weighted by Gasteiger charge is 2.33. The Morgan fingerprint density at radius 1 is 1.35 bits per heavy atom. The summed E-state index contributed by atoms with van der Waals surface area (Å²) in [7, 11) is 0. The minimum atomic E-state index is -1.27. The van der Waals surface area contributed by atoms with Crippen molar-refractivity contribution in [3.8, 4) is 11.5 Å². The van der Waals surface area contributed by atoms with Crippen LogP contribution in [0.2, 0.25) is 0 Å². The molecule has 2 N–H and O–H groups in total. The number of carbonyl (C=O) groups excluding carboxylic acids is 1. The second-order valence-corrected chi connectivity index (χ2v) is 5.09. The van der Waals surface area contributed by atoms with Crippen molar-refractivity contribution in [2.24, 2.45) is 0 Å². The molecule has 9 heteroatoms. The lowest BCUT2D eigenvalue weighted by molar-refractivity contribution is -0.140. The Kier molecular flexibility index (Phi) is 3.83. The molecule has 0 unspecified atom stereocenters. The van der Waals surface area contributed by atoms with Crippen LogP contribution in [0.4, 0.5) is 0 Å². The molecule has 1 aliphatic rings. The number of benzene rings is 1. The number of carboxylic acids is 1. The molecule has 0 saturated carbocycles. The van der Waals surface area contributed by atoms with E-state index in [0.29, 0.717) is 13.1 Å². The molecular formula is C14H14N4O5. The Morgan fingerprint density at radius 3 is 2.78 bits per heavy atom. The van der Waals surface area contributed by atoms with Crippen molar-refractivity contribution in [1.82, 2.24) is 19.7 Å². The van der Waals surface area contributed by atoms with Crippen molar-refractivity contribution in [2.75, 3.05) is 13.1 Å². The fraction of sp³-hybridized carbons (Fsp3) is 0.286. The molecule has 0 atom stereocenters. The van der Waals surface area contributed by atoms with E-state index in [-0.39, 0.29) is 35.6 Å². The van der Waals surface area contributed by atoms with Gasteiger partial charge < -0.3 is 19.8 Å². The Morgan fingerprint density at radius 2 is 2.13 bits per heavy atom. The van der Waals surface area contributed by atoms with Crippen LogP contribution in [0.15, 0.2) is 30.9 Å². The van der Waals surface area contributed by atoms with Crippen LogP contribution >= 0.6 is 0 Å². The van der Waals surface area contributed by atoms with Crippen LogP contribution in [0.3, 0.4) is 0 Å². The van der Waals surface area contributed by atoms with Crippen LogP contribution in [0.1, 0.15) is 10.4 Å². The summed E-state index contributed by atoms with van der Waals surface area (Å²) >= 11 is 0. The van der Waals surface area contributed by atoms with E-state index in [1.807, 2.05) is 0 Å². The number of ether oxygens (including phenoxy) is 1. The van der Waals surface area contributed by atoms with E-state index in [1.165, 1.54) is 35.5 Å². The Balaban J connectivity index is 1.57. The summed E-state index contributed by atoms with van der Waals surface area (Å²) in [5, 5.41) is 22.6. The summed E-state index contributed by atoms with van der Waals surface area (Å²) in [4.78, 5) is 28.5. The van der Waals surface area contributed by atoms with Gasteiger partial charge in [-0.2, -0.15) is 5.10 Å². The van der Waals surface area contributed by atoms with Gasteiger partial charge in [-0.15, -0.1) is 0 Å². The van der Waals surface area contributed by atoms with Gasteiger partial charge in [0.1, 0.15) is 42.4 Å². The normalized spacial score (nSPS) is 14.3. The minimum absolute atomic E-state index is 0.0888. The lowest BCUT2D eigenvalue weighted by atomic mass is 10.1. The molecule has 0 spiro atoms. The first-order chi connectivity index (χ1) is 11.0. The topological polar surface area (TPSA) is 118 Å². The fourth-order valence-corrected chi connectivity index (χ4v) is 2.28. The number of nitrogens with zero attached hydrogens (tertiary/aromatic N) is 4. The first-order valence-electron chi connectivity index (χ1n) is 6.86. The molecule has 1 aliphatic heterocycles. The molecule has 1 fully saturated rings. The first-order valence-corrected chi connectivity index (χ1v) is 6.86. The minimum Gasteiger partial charge on any atom is -0.507 e. The molecule has 1 aromatic carbocycles. The number of likely N-dealkylation sites (tertiary alicyclic amines) is 1. The molecule has 1 aromatic heterocycles. The monoisotopic (exact) mass is 318 g/mol. The number of amides is 1. The van der Waals surface area contributed by atoms with Gasteiger partial charge in [0.15, 0.2) is 0 Å². The predicted molar refractivity (Wildman–Crippen MR) is 76.1 cm³/mol. The third-order valence-corrected chi connectivity index (χ3v) is 3.48. The molecule has 3 rings (SSSR count). The molecule has 1 amide bonds. The van der Waals surface area contributed by atoms with Gasteiger partial charge in [-0.1, -0.05) is 6.07 Å². The van der Waals surface area contributed by atoms with Gasteiger partial charge in [-0.3, -0.25) is 4.79 Å². The highest BCUT2D eigenvalue weighted by Crippen LogP contribution is 2.29. The number of phenols is 1. The average molecular weight is 318 g/mol. The lowest BCUT2D eigenvalue weighted by Gasteiger charge is -2.39. The maximum atomic E-state index is 12.0. The molecular weight excluding hydrogens is 304 g/mol. The summed E-state index contributed by atoms with van der Waals surface area (Å²) in [5.74, 6) is -1.65. The number of aromatic nitrogens is 3. The highest BCUT2D eigenvalue weighted by atomic mass is 16.5. The van der Waals surface area contributed by atoms with Gasteiger partial charge in [0.25, 0.3) is 0 Å². The van der Waals surface area contributed by atoms with Gasteiger partial charge >= 0.3 is 5.97 Å². The van der Waals surface area contributed by atoms with Gasteiger partial charge in [0.2, 0.25) is 5.91 Å². The highest BCUT2D eigenvalue weighted by molar-refractivity contribution is 5.94. The van der Waals surface area contributed by atoms with Crippen LogP contribution in [0, 0.1) is 0 Å². The van der Waals surface area contributed by atoms with E-state index in [9.17, 15) is 14.7 Å². The maximum Gasteiger partial charge on any atom is 0.343 e. The van der Waals surface area contributed by atoms with Gasteiger partial charge in [0, 0.05) is 0 Å². The Hall–Kier alpha value is -3.10. The van der Waals surface area contributed by atoms with E-state index in [2.05, 4.69) is 10.1 Å². The van der Waals surface area contributed by atoms with E-state index in [1.54, 1.807) is 4.90 Å². The molecule has 2 heterocycles. The Bertz CT molecular complexity index is 725. The molecule has 2 aromatic rings. The molecule has 23 heavy (non-hydrogen) atoms. The largest absolute Gasteiger partial charge is 0.507 e. The zero-order chi connectivity index (χ0) is 16.4. The third-order valence-electron chi connectivity index (χ3n) is 3.48. The second-order valence-electron chi connectivity index (χ2n) is 5.09. The summed E-state index contributed by atoms with van der Waals surface area (Å²) in [6.45, 7) is 0.795. The van der Waals surface area contributed by atoms with Crippen molar-refractivity contribution in [3.63, 3.8) is 0 Å². The average Bonchev–Trinajstić information content (AvgIpc) is 2.94. The number of aromatic carboxylic acids is 1. The van der Waals surface area contributed by atoms with E-state index >= 15 is 0 Å². The number of rotatable bonds is 5. The van der Waals surface area contributed by atoms with Crippen molar-refractivity contribution < 1.29 is 24.5 Å². The molecule has 0 bridgehead atoms. The maximum absolute atomic E-state index is 12.0. The van der Waals surface area contributed by atoms with Crippen molar-refractivity contribution in [2.45, 2.75) is 12.6 Å². The predicted octanol–water partition coefficient (Wildman–Crippen LogP) is -0.0283. The van der Waals surface area contributed by atoms with Gasteiger partial charge in [0.05, 0.1) is 13.1 Å². The second kappa shape index (κ2) is 5.95. The number of hydrogen-bond donors (Lipinski definition) is 2. The zero-order valence-corrected chi connectivity index (χ0v) is 12.0. The van der Waals surface area contributed by atoms with Crippen LogP contribution < -0.4 is 4.74 Å². The van der Waals surface area contributed by atoms with Crippen molar-refractivity contribution in [1.29, 1.82) is 0 Å².